The normalized spacial score (nSPS) is 36.3. The van der Waals surface area contributed by atoms with Crippen molar-refractivity contribution in [2.75, 3.05) is 0 Å². The first-order valence-electron chi connectivity index (χ1n) is 3.62. The Morgan fingerprint density at radius 1 is 1.00 bits per heavy atom. The molecule has 0 N–H and O–H groups in total. The third-order valence-corrected chi connectivity index (χ3v) is 2.24. The summed E-state index contributed by atoms with van der Waals surface area (Å²) >= 11 is 0. The summed E-state index contributed by atoms with van der Waals surface area (Å²) in [4.78, 5) is 22.1. The maximum absolute atomic E-state index is 11.0. The van der Waals surface area contributed by atoms with Gasteiger partial charge in [-0.2, -0.15) is 0 Å². The van der Waals surface area contributed by atoms with Crippen LogP contribution in [0.1, 0.15) is 0 Å². The minimum Gasteiger partial charge on any atom is -0.386 e. The Bertz CT molecular complexity index is 331. The van der Waals surface area contributed by atoms with Gasteiger partial charge in [0.25, 0.3) is 0 Å². The van der Waals surface area contributed by atoms with E-state index in [-0.39, 0.29) is 12.2 Å². The number of esters is 2. The molecule has 3 aliphatic heterocycles. The molecule has 12 heavy (non-hydrogen) atoms. The van der Waals surface area contributed by atoms with Gasteiger partial charge in [-0.25, -0.2) is 9.59 Å². The second-order valence-corrected chi connectivity index (χ2v) is 2.87. The summed E-state index contributed by atoms with van der Waals surface area (Å²) in [5.41, 5.74) is 0.792. The van der Waals surface area contributed by atoms with Gasteiger partial charge < -0.3 is 9.47 Å². The van der Waals surface area contributed by atoms with Crippen LogP contribution in [0.2, 0.25) is 0 Å². The van der Waals surface area contributed by atoms with Gasteiger partial charge in [-0.15, -0.1) is 0 Å². The van der Waals surface area contributed by atoms with Crippen molar-refractivity contribution in [2.24, 2.45) is 0 Å². The summed E-state index contributed by atoms with van der Waals surface area (Å²) in [7, 11) is 0. The zero-order valence-corrected chi connectivity index (χ0v) is 5.94. The molecule has 0 fully saturated rings. The fourth-order valence-corrected chi connectivity index (χ4v) is 1.73. The van der Waals surface area contributed by atoms with Crippen LogP contribution in [0.3, 0.4) is 0 Å². The molecule has 0 aliphatic carbocycles. The maximum atomic E-state index is 11.0. The number of cyclic esters (lactones) is 2. The second-order valence-electron chi connectivity index (χ2n) is 2.87. The van der Waals surface area contributed by atoms with Crippen LogP contribution in [0, 0.1) is 0 Å². The molecule has 0 saturated carbocycles. The van der Waals surface area contributed by atoms with Crippen LogP contribution in [0.15, 0.2) is 23.3 Å². The van der Waals surface area contributed by atoms with E-state index in [1.54, 1.807) is 12.2 Å². The van der Waals surface area contributed by atoms with Crippen molar-refractivity contribution in [1.82, 2.24) is 0 Å². The second kappa shape index (κ2) is 1.67. The number of carbonyl (C=O) groups excluding carboxylic acids is 2. The molecule has 4 heteroatoms. The predicted molar refractivity (Wildman–Crippen MR) is 35.9 cm³/mol. The van der Waals surface area contributed by atoms with Crippen molar-refractivity contribution in [2.45, 2.75) is 12.2 Å². The molecule has 2 atom stereocenters. The number of hydrogen-bond donors (Lipinski definition) is 0. The van der Waals surface area contributed by atoms with Crippen molar-refractivity contribution < 1.29 is 19.1 Å². The zero-order chi connectivity index (χ0) is 8.29. The van der Waals surface area contributed by atoms with Crippen LogP contribution in [0.25, 0.3) is 0 Å². The first-order chi connectivity index (χ1) is 5.77. The SMILES string of the molecule is O=C1OC(=O)C2=C1[C@@H]1C=C[C@H]2O1. The van der Waals surface area contributed by atoms with Crippen LogP contribution < -0.4 is 0 Å². The van der Waals surface area contributed by atoms with Gasteiger partial charge in [-0.1, -0.05) is 12.2 Å². The quantitative estimate of drug-likeness (QED) is 0.280. The summed E-state index contributed by atoms with van der Waals surface area (Å²) in [6.07, 6.45) is 2.85. The summed E-state index contributed by atoms with van der Waals surface area (Å²) in [5, 5.41) is 0. The molecule has 0 aromatic heterocycles. The Morgan fingerprint density at radius 2 is 1.50 bits per heavy atom. The van der Waals surface area contributed by atoms with Gasteiger partial charge in [0.1, 0.15) is 12.2 Å². The van der Waals surface area contributed by atoms with E-state index in [4.69, 9.17) is 4.74 Å². The third kappa shape index (κ3) is 0.494. The monoisotopic (exact) mass is 164 g/mol. The van der Waals surface area contributed by atoms with Crippen molar-refractivity contribution in [3.05, 3.63) is 23.3 Å². The Morgan fingerprint density at radius 3 is 2.00 bits per heavy atom. The van der Waals surface area contributed by atoms with Crippen molar-refractivity contribution >= 4 is 11.9 Å². The minimum atomic E-state index is -0.549. The number of rotatable bonds is 0. The largest absolute Gasteiger partial charge is 0.386 e. The predicted octanol–water partition coefficient (Wildman–Crippen LogP) is -0.296. The Labute approximate surface area is 67.4 Å². The van der Waals surface area contributed by atoms with Crippen LogP contribution >= 0.6 is 0 Å². The highest BCUT2D eigenvalue weighted by molar-refractivity contribution is 6.15. The summed E-state index contributed by atoms with van der Waals surface area (Å²) in [6, 6.07) is 0. The number of ether oxygens (including phenoxy) is 2. The number of carbonyl (C=O) groups is 2. The van der Waals surface area contributed by atoms with Crippen molar-refractivity contribution in [1.29, 1.82) is 0 Å². The smallest absolute Gasteiger partial charge is 0.345 e. The van der Waals surface area contributed by atoms with E-state index in [0.717, 1.165) is 0 Å². The van der Waals surface area contributed by atoms with E-state index >= 15 is 0 Å². The molecule has 4 nitrogen and oxygen atoms in total. The van der Waals surface area contributed by atoms with Crippen molar-refractivity contribution in [3.63, 3.8) is 0 Å². The maximum Gasteiger partial charge on any atom is 0.345 e. The average molecular weight is 164 g/mol. The molecule has 0 radical (unpaired) electrons. The molecular formula is C8H4O4. The molecule has 0 unspecified atom stereocenters. The molecule has 2 bridgehead atoms. The van der Waals surface area contributed by atoms with Gasteiger partial charge in [0, 0.05) is 0 Å². The van der Waals surface area contributed by atoms with Crippen molar-refractivity contribution in [3.8, 4) is 0 Å². The minimum absolute atomic E-state index is 0.344. The lowest BCUT2D eigenvalue weighted by Gasteiger charge is -2.04. The molecule has 0 spiro atoms. The molecule has 3 rings (SSSR count). The van der Waals surface area contributed by atoms with E-state index in [9.17, 15) is 9.59 Å². The molecule has 3 heterocycles. The van der Waals surface area contributed by atoms with Gasteiger partial charge in [0.05, 0.1) is 11.1 Å². The fraction of sp³-hybridized carbons (Fsp3) is 0.250. The highest BCUT2D eigenvalue weighted by Gasteiger charge is 2.49. The Kier molecular flexibility index (Phi) is 0.851. The van der Waals surface area contributed by atoms with E-state index < -0.39 is 11.9 Å². The van der Waals surface area contributed by atoms with E-state index in [2.05, 4.69) is 4.74 Å². The van der Waals surface area contributed by atoms with Gasteiger partial charge in [0.15, 0.2) is 0 Å². The number of hydrogen-bond acceptors (Lipinski definition) is 4. The van der Waals surface area contributed by atoms with Crippen LogP contribution in [-0.2, 0) is 19.1 Å². The standard InChI is InChI=1S/C8H4O4/c9-7-5-3-1-2-4(11-3)6(5)8(10)12-7/h1-4H/t3-,4+. The Balaban J connectivity index is 2.20. The molecular weight excluding hydrogens is 160 g/mol. The third-order valence-electron chi connectivity index (χ3n) is 2.24. The fourth-order valence-electron chi connectivity index (χ4n) is 1.73. The molecule has 60 valence electrons. The van der Waals surface area contributed by atoms with Gasteiger partial charge >= 0.3 is 11.9 Å². The van der Waals surface area contributed by atoms with Crippen LogP contribution in [0.5, 0.6) is 0 Å². The van der Waals surface area contributed by atoms with Crippen LogP contribution in [0.4, 0.5) is 0 Å². The lowest BCUT2D eigenvalue weighted by Crippen LogP contribution is -2.15. The van der Waals surface area contributed by atoms with Gasteiger partial charge in [-0.3, -0.25) is 0 Å². The highest BCUT2D eigenvalue weighted by atomic mass is 16.6. The summed E-state index contributed by atoms with van der Waals surface area (Å²) in [5.74, 6) is -1.10. The molecule has 0 aromatic carbocycles. The molecule has 0 amide bonds. The highest BCUT2D eigenvalue weighted by Crippen LogP contribution is 2.38. The topological polar surface area (TPSA) is 52.6 Å². The Hall–Kier alpha value is -1.42. The van der Waals surface area contributed by atoms with E-state index in [1.165, 1.54) is 0 Å². The lowest BCUT2D eigenvalue weighted by molar-refractivity contribution is -0.152. The average Bonchev–Trinajstić information content (AvgIpc) is 2.64. The molecule has 0 aromatic rings. The summed E-state index contributed by atoms with van der Waals surface area (Å²) in [6.45, 7) is 0. The molecule has 0 saturated heterocycles. The van der Waals surface area contributed by atoms with Gasteiger partial charge in [-0.05, 0) is 0 Å². The van der Waals surface area contributed by atoms with E-state index in [1.807, 2.05) is 0 Å². The zero-order valence-electron chi connectivity index (χ0n) is 5.94. The van der Waals surface area contributed by atoms with Gasteiger partial charge in [0.2, 0.25) is 0 Å². The summed E-state index contributed by atoms with van der Waals surface area (Å²) < 4.78 is 9.71. The van der Waals surface area contributed by atoms with Crippen LogP contribution in [-0.4, -0.2) is 24.1 Å². The van der Waals surface area contributed by atoms with E-state index in [0.29, 0.717) is 11.1 Å². The first-order valence-corrected chi connectivity index (χ1v) is 3.62. The lowest BCUT2D eigenvalue weighted by atomic mass is 9.99. The first kappa shape index (κ1) is 6.14. The molecule has 3 aliphatic rings. The number of fused-ring (bicyclic) bond motifs is 4.